The van der Waals surface area contributed by atoms with Gasteiger partial charge in [0.25, 0.3) is 0 Å². The lowest BCUT2D eigenvalue weighted by atomic mass is 10.1. The van der Waals surface area contributed by atoms with Crippen molar-refractivity contribution in [3.8, 4) is 11.5 Å². The molecule has 0 fully saturated rings. The maximum Gasteiger partial charge on any atom is 0.146 e. The summed E-state index contributed by atoms with van der Waals surface area (Å²) in [7, 11) is 0. The third-order valence-electron chi connectivity index (χ3n) is 2.99. The van der Waals surface area contributed by atoms with Gasteiger partial charge in [0.2, 0.25) is 0 Å². The van der Waals surface area contributed by atoms with Crippen molar-refractivity contribution >= 4 is 17.3 Å². The van der Waals surface area contributed by atoms with E-state index in [2.05, 4.69) is 11.4 Å². The van der Waals surface area contributed by atoms with E-state index in [1.807, 2.05) is 12.1 Å². The highest BCUT2D eigenvalue weighted by molar-refractivity contribution is 6.32. The van der Waals surface area contributed by atoms with Crippen LogP contribution in [0, 0.1) is 0 Å². The number of fused-ring (bicyclic) bond motifs is 1. The molecule has 1 aliphatic heterocycles. The van der Waals surface area contributed by atoms with E-state index in [4.69, 9.17) is 22.1 Å². The maximum absolute atomic E-state index is 6.08. The summed E-state index contributed by atoms with van der Waals surface area (Å²) in [4.78, 5) is 0. The fourth-order valence-corrected chi connectivity index (χ4v) is 2.29. The van der Waals surface area contributed by atoms with E-state index in [1.54, 1.807) is 18.2 Å². The summed E-state index contributed by atoms with van der Waals surface area (Å²) in [6, 6.07) is 11.3. The third kappa shape index (κ3) is 2.15. The standard InChI is InChI=1S/C14H13ClN2O/c15-13-6-11(16)2-4-14(13)18-12-3-1-9-7-17-8-10(9)5-12/h1-6,17H,7-8,16H2. The molecule has 0 saturated heterocycles. The van der Waals surface area contributed by atoms with Crippen LogP contribution >= 0.6 is 11.6 Å². The Bertz CT molecular complexity index is 598. The first kappa shape index (κ1) is 11.4. The lowest BCUT2D eigenvalue weighted by Crippen LogP contribution is -1.99. The van der Waals surface area contributed by atoms with E-state index in [0.29, 0.717) is 16.5 Å². The topological polar surface area (TPSA) is 47.3 Å². The first-order chi connectivity index (χ1) is 8.72. The van der Waals surface area contributed by atoms with Gasteiger partial charge in [-0.2, -0.15) is 0 Å². The van der Waals surface area contributed by atoms with Crippen LogP contribution in [0.15, 0.2) is 36.4 Å². The second-order valence-corrected chi connectivity index (χ2v) is 4.73. The van der Waals surface area contributed by atoms with Crippen molar-refractivity contribution in [3.63, 3.8) is 0 Å². The van der Waals surface area contributed by atoms with Crippen LogP contribution in [-0.4, -0.2) is 0 Å². The van der Waals surface area contributed by atoms with E-state index in [9.17, 15) is 0 Å². The number of nitrogens with two attached hydrogens (primary N) is 1. The summed E-state index contributed by atoms with van der Waals surface area (Å²) in [6.45, 7) is 1.82. The summed E-state index contributed by atoms with van der Waals surface area (Å²) in [5, 5.41) is 3.82. The Morgan fingerprint density at radius 3 is 2.72 bits per heavy atom. The van der Waals surface area contributed by atoms with Crippen molar-refractivity contribution in [2.24, 2.45) is 0 Å². The Kier molecular flexibility index (Phi) is 2.86. The summed E-state index contributed by atoms with van der Waals surface area (Å²) < 4.78 is 5.77. The normalized spacial score (nSPS) is 13.4. The Hall–Kier alpha value is -1.71. The van der Waals surface area contributed by atoms with Crippen LogP contribution in [0.4, 0.5) is 5.69 Å². The lowest BCUT2D eigenvalue weighted by Gasteiger charge is -2.09. The monoisotopic (exact) mass is 260 g/mol. The minimum Gasteiger partial charge on any atom is -0.456 e. The highest BCUT2D eigenvalue weighted by Crippen LogP contribution is 2.32. The average Bonchev–Trinajstić information content (AvgIpc) is 2.80. The van der Waals surface area contributed by atoms with Crippen molar-refractivity contribution in [2.75, 3.05) is 5.73 Å². The molecule has 18 heavy (non-hydrogen) atoms. The molecule has 2 aromatic rings. The van der Waals surface area contributed by atoms with Gasteiger partial charge in [-0.1, -0.05) is 17.7 Å². The number of benzene rings is 2. The molecule has 0 aromatic heterocycles. The molecule has 4 heteroatoms. The molecule has 3 N–H and O–H groups in total. The van der Waals surface area contributed by atoms with Gasteiger partial charge in [-0.25, -0.2) is 0 Å². The first-order valence-corrected chi connectivity index (χ1v) is 6.15. The van der Waals surface area contributed by atoms with Gasteiger partial charge >= 0.3 is 0 Å². The molecular weight excluding hydrogens is 248 g/mol. The molecule has 1 aliphatic rings. The van der Waals surface area contributed by atoms with Crippen molar-refractivity contribution in [3.05, 3.63) is 52.5 Å². The van der Waals surface area contributed by atoms with Gasteiger partial charge in [-0.05, 0) is 41.5 Å². The summed E-state index contributed by atoms with van der Waals surface area (Å²) in [5.41, 5.74) is 8.88. The molecule has 0 aliphatic carbocycles. The maximum atomic E-state index is 6.08. The van der Waals surface area contributed by atoms with E-state index in [1.165, 1.54) is 11.1 Å². The van der Waals surface area contributed by atoms with Gasteiger partial charge in [-0.15, -0.1) is 0 Å². The molecular formula is C14H13ClN2O. The summed E-state index contributed by atoms with van der Waals surface area (Å²) in [5.74, 6) is 1.42. The average molecular weight is 261 g/mol. The van der Waals surface area contributed by atoms with Gasteiger partial charge in [0.1, 0.15) is 11.5 Å². The molecule has 92 valence electrons. The summed E-state index contributed by atoms with van der Waals surface area (Å²) in [6.07, 6.45) is 0. The van der Waals surface area contributed by atoms with Crippen molar-refractivity contribution in [2.45, 2.75) is 13.1 Å². The zero-order chi connectivity index (χ0) is 12.5. The van der Waals surface area contributed by atoms with E-state index < -0.39 is 0 Å². The predicted molar refractivity (Wildman–Crippen MR) is 72.9 cm³/mol. The SMILES string of the molecule is Nc1ccc(Oc2ccc3c(c2)CNC3)c(Cl)c1. The minimum absolute atomic E-state index is 0.522. The van der Waals surface area contributed by atoms with Gasteiger partial charge < -0.3 is 15.8 Å². The number of hydrogen-bond acceptors (Lipinski definition) is 3. The second-order valence-electron chi connectivity index (χ2n) is 4.33. The Morgan fingerprint density at radius 1 is 1.06 bits per heavy atom. The highest BCUT2D eigenvalue weighted by atomic mass is 35.5. The van der Waals surface area contributed by atoms with Gasteiger partial charge in [0, 0.05) is 18.8 Å². The van der Waals surface area contributed by atoms with Gasteiger partial charge in [0.15, 0.2) is 0 Å². The lowest BCUT2D eigenvalue weighted by molar-refractivity contribution is 0.482. The van der Waals surface area contributed by atoms with Crippen molar-refractivity contribution in [1.82, 2.24) is 5.32 Å². The highest BCUT2D eigenvalue weighted by Gasteiger charge is 2.11. The number of nitrogen functional groups attached to an aromatic ring is 1. The second kappa shape index (κ2) is 4.52. The van der Waals surface area contributed by atoms with Gasteiger partial charge in [0.05, 0.1) is 5.02 Å². The van der Waals surface area contributed by atoms with Crippen molar-refractivity contribution in [1.29, 1.82) is 0 Å². The number of rotatable bonds is 2. The van der Waals surface area contributed by atoms with E-state index >= 15 is 0 Å². The number of ether oxygens (including phenoxy) is 1. The summed E-state index contributed by atoms with van der Waals surface area (Å²) >= 11 is 6.08. The molecule has 1 heterocycles. The van der Waals surface area contributed by atoms with Crippen LogP contribution in [0.2, 0.25) is 5.02 Å². The smallest absolute Gasteiger partial charge is 0.146 e. The molecule has 0 spiro atoms. The Morgan fingerprint density at radius 2 is 1.89 bits per heavy atom. The fourth-order valence-electron chi connectivity index (χ4n) is 2.06. The molecule has 0 bridgehead atoms. The minimum atomic E-state index is 0.522. The molecule has 0 saturated carbocycles. The Balaban J connectivity index is 1.88. The molecule has 3 rings (SSSR count). The van der Waals surface area contributed by atoms with Gasteiger partial charge in [-0.3, -0.25) is 0 Å². The number of hydrogen-bond donors (Lipinski definition) is 2. The molecule has 3 nitrogen and oxygen atoms in total. The van der Waals surface area contributed by atoms with Crippen LogP contribution in [0.3, 0.4) is 0 Å². The van der Waals surface area contributed by atoms with Crippen LogP contribution in [0.25, 0.3) is 0 Å². The zero-order valence-corrected chi connectivity index (χ0v) is 10.5. The Labute approximate surface area is 111 Å². The van der Waals surface area contributed by atoms with Crippen LogP contribution < -0.4 is 15.8 Å². The largest absolute Gasteiger partial charge is 0.456 e. The molecule has 0 radical (unpaired) electrons. The van der Waals surface area contributed by atoms with Crippen LogP contribution in [0.5, 0.6) is 11.5 Å². The van der Waals surface area contributed by atoms with Crippen LogP contribution in [0.1, 0.15) is 11.1 Å². The number of anilines is 1. The molecule has 2 aromatic carbocycles. The van der Waals surface area contributed by atoms with E-state index in [0.717, 1.165) is 18.8 Å². The first-order valence-electron chi connectivity index (χ1n) is 5.78. The predicted octanol–water partition coefficient (Wildman–Crippen LogP) is 3.32. The quantitative estimate of drug-likeness (QED) is 0.815. The van der Waals surface area contributed by atoms with Crippen LogP contribution in [-0.2, 0) is 13.1 Å². The molecule has 0 atom stereocenters. The third-order valence-corrected chi connectivity index (χ3v) is 3.29. The van der Waals surface area contributed by atoms with Crippen molar-refractivity contribution < 1.29 is 4.74 Å². The number of halogens is 1. The van der Waals surface area contributed by atoms with E-state index in [-0.39, 0.29) is 0 Å². The molecule has 0 amide bonds. The fraction of sp³-hybridized carbons (Fsp3) is 0.143. The zero-order valence-electron chi connectivity index (χ0n) is 9.74. The molecule has 0 unspecified atom stereocenters. The number of nitrogens with one attached hydrogen (secondary N) is 1.